The highest BCUT2D eigenvalue weighted by Crippen LogP contribution is 2.21. The van der Waals surface area contributed by atoms with E-state index in [2.05, 4.69) is 44.2 Å². The summed E-state index contributed by atoms with van der Waals surface area (Å²) in [7, 11) is 1.64. The predicted molar refractivity (Wildman–Crippen MR) is 124 cm³/mol. The molecule has 2 aliphatic heterocycles. The lowest BCUT2D eigenvalue weighted by Gasteiger charge is -2.35. The Balaban J connectivity index is 1.09. The number of methoxy groups -OCH3 is 1. The first-order valence-corrected chi connectivity index (χ1v) is 11.4. The average Bonchev–Trinajstić information content (AvgIpc) is 3.33. The summed E-state index contributed by atoms with van der Waals surface area (Å²) in [5.74, 6) is 2.21. The summed E-state index contributed by atoms with van der Waals surface area (Å²) in [6.45, 7) is 6.09. The quantitative estimate of drug-likeness (QED) is 0.575. The molecule has 0 aliphatic carbocycles. The first-order chi connectivity index (χ1) is 16.2. The van der Waals surface area contributed by atoms with Gasteiger partial charge in [0.25, 0.3) is 0 Å². The van der Waals surface area contributed by atoms with Crippen molar-refractivity contribution in [1.82, 2.24) is 24.8 Å². The van der Waals surface area contributed by atoms with Crippen LogP contribution in [0.25, 0.3) is 11.4 Å². The monoisotopic (exact) mass is 447 g/mol. The summed E-state index contributed by atoms with van der Waals surface area (Å²) in [5.41, 5.74) is 3.54. The Bertz CT molecular complexity index is 1090. The van der Waals surface area contributed by atoms with Crippen molar-refractivity contribution in [1.29, 1.82) is 0 Å². The fourth-order valence-corrected chi connectivity index (χ4v) is 4.47. The normalized spacial score (nSPS) is 17.1. The summed E-state index contributed by atoms with van der Waals surface area (Å²) in [6, 6.07) is 16.0. The topological polar surface area (TPSA) is 74.9 Å². The second kappa shape index (κ2) is 9.72. The van der Waals surface area contributed by atoms with Gasteiger partial charge >= 0.3 is 0 Å². The van der Waals surface area contributed by atoms with Gasteiger partial charge in [0.15, 0.2) is 0 Å². The minimum absolute atomic E-state index is 0.221. The summed E-state index contributed by atoms with van der Waals surface area (Å²) >= 11 is 0. The van der Waals surface area contributed by atoms with E-state index in [0.717, 1.165) is 57.0 Å². The first-order valence-electron chi connectivity index (χ1n) is 11.4. The zero-order valence-corrected chi connectivity index (χ0v) is 18.9. The Hall–Kier alpha value is -3.23. The molecule has 1 fully saturated rings. The third-order valence-corrected chi connectivity index (χ3v) is 6.48. The lowest BCUT2D eigenvalue weighted by Crippen LogP contribution is -2.50. The first kappa shape index (κ1) is 21.6. The Morgan fingerprint density at radius 2 is 1.70 bits per heavy atom. The van der Waals surface area contributed by atoms with Crippen LogP contribution >= 0.6 is 0 Å². The molecule has 3 aromatic rings. The van der Waals surface area contributed by atoms with Gasteiger partial charge in [-0.05, 0) is 41.8 Å². The van der Waals surface area contributed by atoms with E-state index < -0.39 is 0 Å². The minimum atomic E-state index is 0.221. The van der Waals surface area contributed by atoms with Crippen LogP contribution in [0.1, 0.15) is 17.0 Å². The number of amides is 1. The van der Waals surface area contributed by atoms with Gasteiger partial charge in [0, 0.05) is 44.8 Å². The molecule has 1 aromatic heterocycles. The Kier molecular flexibility index (Phi) is 6.37. The molecule has 5 rings (SSSR count). The van der Waals surface area contributed by atoms with E-state index in [4.69, 9.17) is 9.26 Å². The number of benzene rings is 2. The predicted octanol–water partition coefficient (Wildman–Crippen LogP) is 2.45. The molecule has 8 heteroatoms. The van der Waals surface area contributed by atoms with Crippen LogP contribution < -0.4 is 4.74 Å². The molecule has 33 heavy (non-hydrogen) atoms. The maximum absolute atomic E-state index is 12.9. The van der Waals surface area contributed by atoms with Crippen molar-refractivity contribution in [2.24, 2.45) is 0 Å². The number of rotatable bonds is 6. The largest absolute Gasteiger partial charge is 0.497 e. The van der Waals surface area contributed by atoms with Gasteiger partial charge in [-0.25, -0.2) is 0 Å². The van der Waals surface area contributed by atoms with Crippen LogP contribution in [0.4, 0.5) is 0 Å². The molecule has 3 heterocycles. The number of nitrogens with zero attached hydrogens (tertiary/aromatic N) is 5. The van der Waals surface area contributed by atoms with Crippen LogP contribution in [0.2, 0.25) is 0 Å². The number of carbonyl (C=O) groups excluding carboxylic acids is 1. The van der Waals surface area contributed by atoms with E-state index in [0.29, 0.717) is 24.8 Å². The maximum atomic E-state index is 12.9. The molecule has 8 nitrogen and oxygen atoms in total. The van der Waals surface area contributed by atoms with Gasteiger partial charge < -0.3 is 14.2 Å². The Labute approximate surface area is 193 Å². The van der Waals surface area contributed by atoms with Gasteiger partial charge in [0.1, 0.15) is 5.75 Å². The maximum Gasteiger partial charge on any atom is 0.241 e. The van der Waals surface area contributed by atoms with Crippen LogP contribution in [-0.4, -0.2) is 77.1 Å². The number of fused-ring (bicyclic) bond motifs is 1. The van der Waals surface area contributed by atoms with Gasteiger partial charge in [0.05, 0.1) is 20.2 Å². The van der Waals surface area contributed by atoms with Crippen LogP contribution in [0.5, 0.6) is 5.75 Å². The highest BCUT2D eigenvalue weighted by Gasteiger charge is 2.25. The molecular weight excluding hydrogens is 418 g/mol. The second-order valence-electron chi connectivity index (χ2n) is 8.63. The minimum Gasteiger partial charge on any atom is -0.497 e. The molecule has 172 valence electrons. The van der Waals surface area contributed by atoms with Gasteiger partial charge in [-0.1, -0.05) is 29.4 Å². The lowest BCUT2D eigenvalue weighted by molar-refractivity contribution is -0.133. The van der Waals surface area contributed by atoms with Crippen molar-refractivity contribution in [2.45, 2.75) is 19.5 Å². The molecular formula is C25H29N5O3. The molecule has 0 spiro atoms. The summed E-state index contributed by atoms with van der Waals surface area (Å²) < 4.78 is 10.7. The SMILES string of the molecule is COc1ccc(-c2noc(CN3CCN(CC(=O)N4CCc5ccccc5C4)CC3)n2)cc1. The fourth-order valence-electron chi connectivity index (χ4n) is 4.47. The molecule has 1 amide bonds. The molecule has 0 atom stereocenters. The average molecular weight is 448 g/mol. The van der Waals surface area contributed by atoms with E-state index in [1.807, 2.05) is 29.2 Å². The van der Waals surface area contributed by atoms with Crippen molar-refractivity contribution in [3.63, 3.8) is 0 Å². The number of carbonyl (C=O) groups is 1. The summed E-state index contributed by atoms with van der Waals surface area (Å²) in [6.07, 6.45) is 0.943. The zero-order valence-electron chi connectivity index (χ0n) is 18.9. The molecule has 0 N–H and O–H groups in total. The fraction of sp³-hybridized carbons (Fsp3) is 0.400. The van der Waals surface area contributed by atoms with Crippen molar-refractivity contribution in [3.8, 4) is 17.1 Å². The molecule has 0 radical (unpaired) electrons. The van der Waals surface area contributed by atoms with Gasteiger partial charge in [-0.3, -0.25) is 14.6 Å². The molecule has 2 aliphatic rings. The van der Waals surface area contributed by atoms with Crippen LogP contribution in [0.15, 0.2) is 53.1 Å². The van der Waals surface area contributed by atoms with Gasteiger partial charge in [0.2, 0.25) is 17.6 Å². The summed E-state index contributed by atoms with van der Waals surface area (Å²) in [4.78, 5) is 23.9. The lowest BCUT2D eigenvalue weighted by atomic mass is 10.00. The molecule has 2 aromatic carbocycles. The number of hydrogen-bond acceptors (Lipinski definition) is 7. The van der Waals surface area contributed by atoms with Crippen molar-refractivity contribution in [3.05, 3.63) is 65.5 Å². The molecule has 0 bridgehead atoms. The van der Waals surface area contributed by atoms with Crippen molar-refractivity contribution >= 4 is 5.91 Å². The summed E-state index contributed by atoms with van der Waals surface area (Å²) in [5, 5.41) is 4.12. The van der Waals surface area contributed by atoms with Crippen LogP contribution in [0, 0.1) is 0 Å². The molecule has 0 unspecified atom stereocenters. The van der Waals surface area contributed by atoms with E-state index in [9.17, 15) is 4.79 Å². The molecule has 1 saturated heterocycles. The molecule has 0 saturated carbocycles. The van der Waals surface area contributed by atoms with Gasteiger partial charge in [-0.2, -0.15) is 4.98 Å². The van der Waals surface area contributed by atoms with E-state index >= 15 is 0 Å². The number of piperazine rings is 1. The standard InChI is InChI=1S/C25H29N5O3/c1-32-22-8-6-20(7-9-22)25-26-23(33-27-25)17-28-12-14-29(15-13-28)18-24(31)30-11-10-19-4-2-3-5-21(19)16-30/h2-9H,10-18H2,1H3. The third kappa shape index (κ3) is 5.07. The highest BCUT2D eigenvalue weighted by molar-refractivity contribution is 5.78. The zero-order chi connectivity index (χ0) is 22.6. The highest BCUT2D eigenvalue weighted by atomic mass is 16.5. The van der Waals surface area contributed by atoms with Crippen LogP contribution in [0.3, 0.4) is 0 Å². The Morgan fingerprint density at radius 1 is 0.970 bits per heavy atom. The number of aromatic nitrogens is 2. The smallest absolute Gasteiger partial charge is 0.241 e. The van der Waals surface area contributed by atoms with E-state index in [1.54, 1.807) is 7.11 Å². The Morgan fingerprint density at radius 3 is 2.45 bits per heavy atom. The number of ether oxygens (including phenoxy) is 1. The van der Waals surface area contributed by atoms with E-state index in [-0.39, 0.29) is 5.91 Å². The van der Waals surface area contributed by atoms with Crippen molar-refractivity contribution < 1.29 is 14.1 Å². The third-order valence-electron chi connectivity index (χ3n) is 6.48. The second-order valence-corrected chi connectivity index (χ2v) is 8.63. The number of hydrogen-bond donors (Lipinski definition) is 0. The van der Waals surface area contributed by atoms with E-state index in [1.165, 1.54) is 11.1 Å². The van der Waals surface area contributed by atoms with Crippen LogP contribution in [-0.2, 0) is 24.3 Å². The van der Waals surface area contributed by atoms with Crippen molar-refractivity contribution in [2.75, 3.05) is 46.4 Å². The van der Waals surface area contributed by atoms with Gasteiger partial charge in [-0.15, -0.1) is 0 Å².